The van der Waals surface area contributed by atoms with E-state index in [1.807, 2.05) is 40.2 Å². The Morgan fingerprint density at radius 3 is 2.05 bits per heavy atom. The van der Waals surface area contributed by atoms with E-state index in [1.165, 1.54) is 51.4 Å². The van der Waals surface area contributed by atoms with Crippen LogP contribution in [0.15, 0.2) is 53.6 Å². The number of nitrogens with one attached hydrogen (secondary N) is 2. The van der Waals surface area contributed by atoms with Crippen molar-refractivity contribution >= 4 is 34.8 Å². The lowest BCUT2D eigenvalue weighted by Crippen LogP contribution is -2.43. The highest BCUT2D eigenvalue weighted by molar-refractivity contribution is 6.14. The molecule has 2 saturated carbocycles. The molecule has 0 spiro atoms. The average molecular weight is 515 g/mol. The van der Waals surface area contributed by atoms with Crippen LogP contribution in [0.2, 0.25) is 0 Å². The fourth-order valence-corrected chi connectivity index (χ4v) is 6.35. The number of hydrogen-bond acceptors (Lipinski definition) is 3. The monoisotopic (exact) mass is 514 g/mol. The van der Waals surface area contributed by atoms with Crippen molar-refractivity contribution in [1.29, 1.82) is 5.41 Å². The Hall–Kier alpha value is -3.35. The molecule has 4 N–H and O–H groups in total. The summed E-state index contributed by atoms with van der Waals surface area (Å²) in [5.74, 6) is 0.267. The quantitative estimate of drug-likeness (QED) is 0.287. The van der Waals surface area contributed by atoms with E-state index >= 15 is 0 Å². The number of nitrogens with zero attached hydrogens (tertiary/aromatic N) is 3. The van der Waals surface area contributed by atoms with E-state index in [1.54, 1.807) is 0 Å². The molecule has 1 heterocycles. The molecule has 2 aromatic carbocycles. The van der Waals surface area contributed by atoms with Gasteiger partial charge in [-0.1, -0.05) is 82.4 Å². The first-order chi connectivity index (χ1) is 18.6. The topological polar surface area (TPSA) is 97.8 Å². The maximum absolute atomic E-state index is 14.5. The van der Waals surface area contributed by atoms with Crippen LogP contribution in [0.3, 0.4) is 0 Å². The van der Waals surface area contributed by atoms with Crippen molar-refractivity contribution in [2.45, 2.75) is 95.9 Å². The van der Waals surface area contributed by atoms with E-state index in [-0.39, 0.29) is 18.0 Å². The van der Waals surface area contributed by atoms with E-state index < -0.39 is 0 Å². The van der Waals surface area contributed by atoms with Crippen molar-refractivity contribution in [3.8, 4) is 0 Å². The molecule has 5 rings (SSSR count). The number of carbonyl (C=O) groups excluding carboxylic acids is 1. The molecule has 1 aliphatic heterocycles. The minimum atomic E-state index is -0.110. The molecule has 38 heavy (non-hydrogen) atoms. The van der Waals surface area contributed by atoms with E-state index in [9.17, 15) is 4.79 Å². The molecule has 2 amide bonds. The normalized spacial score (nSPS) is 20.3. The van der Waals surface area contributed by atoms with E-state index in [4.69, 9.17) is 16.2 Å². The van der Waals surface area contributed by atoms with Crippen molar-refractivity contribution in [3.05, 3.63) is 54.1 Å². The molecule has 0 radical (unpaired) electrons. The van der Waals surface area contributed by atoms with Gasteiger partial charge in [0.15, 0.2) is 5.96 Å². The molecule has 2 aliphatic carbocycles. The van der Waals surface area contributed by atoms with Crippen LogP contribution in [0.1, 0.15) is 95.5 Å². The van der Waals surface area contributed by atoms with Gasteiger partial charge in [0.05, 0.1) is 23.1 Å². The van der Waals surface area contributed by atoms with Gasteiger partial charge < -0.3 is 11.1 Å². The lowest BCUT2D eigenvalue weighted by molar-refractivity contribution is 0.174. The molecule has 202 valence electrons. The first-order valence-electron chi connectivity index (χ1n) is 14.6. The second-order valence-electron chi connectivity index (χ2n) is 11.1. The molecule has 7 heteroatoms. The largest absolute Gasteiger partial charge is 0.370 e. The molecule has 2 aromatic rings. The number of rotatable bonds is 4. The number of fused-ring (bicyclic) bond motifs is 1. The van der Waals surface area contributed by atoms with Gasteiger partial charge in [0.1, 0.15) is 0 Å². The van der Waals surface area contributed by atoms with E-state index in [0.29, 0.717) is 5.92 Å². The number of anilines is 3. The van der Waals surface area contributed by atoms with Crippen LogP contribution in [0.5, 0.6) is 0 Å². The molecule has 0 bridgehead atoms. The van der Waals surface area contributed by atoms with Crippen molar-refractivity contribution in [1.82, 2.24) is 5.01 Å². The molecule has 2 fully saturated rings. The second kappa shape index (κ2) is 12.5. The summed E-state index contributed by atoms with van der Waals surface area (Å²) in [6.45, 7) is 0. The molecule has 0 atom stereocenters. The molecular weight excluding hydrogens is 472 g/mol. The van der Waals surface area contributed by atoms with Crippen LogP contribution in [0.4, 0.5) is 21.9 Å². The smallest absolute Gasteiger partial charge is 0.349 e. The van der Waals surface area contributed by atoms with Gasteiger partial charge >= 0.3 is 6.03 Å². The number of para-hydroxylation sites is 1. The Morgan fingerprint density at radius 1 is 0.816 bits per heavy atom. The van der Waals surface area contributed by atoms with Crippen LogP contribution in [0, 0.1) is 11.3 Å². The van der Waals surface area contributed by atoms with Gasteiger partial charge in [0, 0.05) is 17.2 Å². The van der Waals surface area contributed by atoms with Gasteiger partial charge in [0.2, 0.25) is 0 Å². The zero-order valence-electron chi connectivity index (χ0n) is 22.5. The summed E-state index contributed by atoms with van der Waals surface area (Å²) in [4.78, 5) is 16.4. The SMILES string of the molecule is N=C(N)Nc1ccc(N2C(=O)N(C3CCCCCCCCC3)N=C(C3CCCCC3)c3ccccc32)cc1. The first-order valence-corrected chi connectivity index (χ1v) is 14.6. The Balaban J connectivity index is 1.58. The van der Waals surface area contributed by atoms with Crippen LogP contribution in [-0.2, 0) is 0 Å². The predicted octanol–water partition coefficient (Wildman–Crippen LogP) is 7.74. The number of amides is 2. The molecule has 3 aliphatic rings. The summed E-state index contributed by atoms with van der Waals surface area (Å²) in [6.07, 6.45) is 16.6. The van der Waals surface area contributed by atoms with E-state index in [2.05, 4.69) is 23.5 Å². The summed E-state index contributed by atoms with van der Waals surface area (Å²) < 4.78 is 0. The summed E-state index contributed by atoms with van der Waals surface area (Å²) in [6, 6.07) is 15.9. The van der Waals surface area contributed by atoms with Gasteiger partial charge in [-0.2, -0.15) is 5.10 Å². The number of hydrazone groups is 1. The standard InChI is InChI=1S/C31H42N6O/c32-30(33)34-24-19-21-25(22-20-24)36-28-18-12-11-17-27(28)29(23-13-7-6-8-14-23)35-37(31(36)38)26-15-9-4-2-1-3-5-10-16-26/h11-12,17-23,26H,1-10,13-16H2,(H4,32,33,34). The number of benzene rings is 2. The third-order valence-corrected chi connectivity index (χ3v) is 8.34. The minimum Gasteiger partial charge on any atom is -0.370 e. The van der Waals surface area contributed by atoms with E-state index in [0.717, 1.165) is 66.9 Å². The van der Waals surface area contributed by atoms with Gasteiger partial charge in [-0.15, -0.1) is 0 Å². The molecular formula is C31H42N6O. The van der Waals surface area contributed by atoms with Gasteiger partial charge in [-0.25, -0.2) is 9.80 Å². The van der Waals surface area contributed by atoms with Crippen molar-refractivity contribution in [2.24, 2.45) is 16.8 Å². The van der Waals surface area contributed by atoms with Gasteiger partial charge in [-0.3, -0.25) is 10.3 Å². The predicted molar refractivity (Wildman–Crippen MR) is 156 cm³/mol. The second-order valence-corrected chi connectivity index (χ2v) is 11.1. The van der Waals surface area contributed by atoms with Gasteiger partial charge in [0.25, 0.3) is 0 Å². The number of hydrogen-bond donors (Lipinski definition) is 3. The third kappa shape index (κ3) is 6.03. The van der Waals surface area contributed by atoms with Gasteiger partial charge in [-0.05, 0) is 56.0 Å². The number of nitrogens with two attached hydrogens (primary N) is 1. The third-order valence-electron chi connectivity index (χ3n) is 8.34. The van der Waals surface area contributed by atoms with Crippen molar-refractivity contribution < 1.29 is 4.79 Å². The van der Waals surface area contributed by atoms with Crippen LogP contribution < -0.4 is 16.0 Å². The maximum Gasteiger partial charge on any atom is 0.349 e. The summed E-state index contributed by atoms with van der Waals surface area (Å²) in [5.41, 5.74) is 10.1. The molecule has 0 aromatic heterocycles. The average Bonchev–Trinajstić information content (AvgIpc) is 3.06. The Morgan fingerprint density at radius 2 is 1.39 bits per heavy atom. The summed E-state index contributed by atoms with van der Waals surface area (Å²) >= 11 is 0. The number of guanidine groups is 1. The fraction of sp³-hybridized carbons (Fsp3) is 0.516. The zero-order chi connectivity index (χ0) is 26.3. The maximum atomic E-state index is 14.5. The van der Waals surface area contributed by atoms with Crippen molar-refractivity contribution in [3.63, 3.8) is 0 Å². The minimum absolute atomic E-state index is 0.0717. The Kier molecular flexibility index (Phi) is 8.61. The summed E-state index contributed by atoms with van der Waals surface area (Å²) in [5, 5.41) is 17.6. The summed E-state index contributed by atoms with van der Waals surface area (Å²) in [7, 11) is 0. The van der Waals surface area contributed by atoms with Crippen LogP contribution in [0.25, 0.3) is 0 Å². The molecule has 7 nitrogen and oxygen atoms in total. The molecule has 0 saturated heterocycles. The van der Waals surface area contributed by atoms with Crippen LogP contribution in [-0.4, -0.2) is 28.8 Å². The van der Waals surface area contributed by atoms with Crippen LogP contribution >= 0.6 is 0 Å². The Bertz CT molecular complexity index is 1130. The lowest BCUT2D eigenvalue weighted by atomic mass is 9.83. The molecule has 0 unspecified atom stereocenters. The zero-order valence-corrected chi connectivity index (χ0v) is 22.5. The first kappa shape index (κ1) is 26.3. The Labute approximate surface area is 227 Å². The number of carbonyl (C=O) groups is 1. The highest BCUT2D eigenvalue weighted by Crippen LogP contribution is 2.39. The highest BCUT2D eigenvalue weighted by Gasteiger charge is 2.36. The van der Waals surface area contributed by atoms with Crippen molar-refractivity contribution in [2.75, 3.05) is 10.2 Å². The lowest BCUT2D eigenvalue weighted by Gasteiger charge is -2.32. The highest BCUT2D eigenvalue weighted by atomic mass is 16.2. The fourth-order valence-electron chi connectivity index (χ4n) is 6.35. The number of urea groups is 1.